The lowest BCUT2D eigenvalue weighted by atomic mass is 9.74. The second kappa shape index (κ2) is 3.41. The second-order valence-electron chi connectivity index (χ2n) is 8.44. The van der Waals surface area contributed by atoms with Gasteiger partial charge in [-0.1, -0.05) is 13.8 Å². The number of aliphatic hydroxyl groups is 1. The lowest BCUT2D eigenvalue weighted by molar-refractivity contribution is -0.210. The molecule has 4 rings (SSSR count). The minimum absolute atomic E-state index is 0.0182. The van der Waals surface area contributed by atoms with Crippen LogP contribution in [0.1, 0.15) is 41.0 Å². The van der Waals surface area contributed by atoms with Crippen molar-refractivity contribution in [2.45, 2.75) is 64.5 Å². The molecule has 4 fully saturated rings. The zero-order chi connectivity index (χ0) is 14.6. The summed E-state index contributed by atoms with van der Waals surface area (Å²) in [5.74, 6) is 1.22. The van der Waals surface area contributed by atoms with E-state index in [4.69, 9.17) is 4.74 Å². The first-order chi connectivity index (χ1) is 9.21. The van der Waals surface area contributed by atoms with Gasteiger partial charge in [0.25, 0.3) is 0 Å². The number of fused-ring (bicyclic) bond motifs is 2. The van der Waals surface area contributed by atoms with Crippen molar-refractivity contribution in [2.75, 3.05) is 0 Å². The van der Waals surface area contributed by atoms with Crippen molar-refractivity contribution >= 4 is 5.91 Å². The highest BCUT2D eigenvalue weighted by Crippen LogP contribution is 2.69. The Morgan fingerprint density at radius 1 is 1.35 bits per heavy atom. The van der Waals surface area contributed by atoms with Gasteiger partial charge in [-0.15, -0.1) is 0 Å². The van der Waals surface area contributed by atoms with Gasteiger partial charge in [0.1, 0.15) is 5.72 Å². The van der Waals surface area contributed by atoms with Crippen LogP contribution < -0.4 is 0 Å². The Balaban J connectivity index is 1.91. The van der Waals surface area contributed by atoms with E-state index in [0.29, 0.717) is 5.92 Å². The highest BCUT2D eigenvalue weighted by Gasteiger charge is 2.79. The number of ether oxygens (including phenoxy) is 1. The van der Waals surface area contributed by atoms with E-state index in [1.54, 1.807) is 0 Å². The van der Waals surface area contributed by atoms with Crippen LogP contribution in [0, 0.1) is 29.6 Å². The van der Waals surface area contributed by atoms with Crippen LogP contribution in [0.3, 0.4) is 0 Å². The van der Waals surface area contributed by atoms with Crippen LogP contribution in [0.2, 0.25) is 0 Å². The summed E-state index contributed by atoms with van der Waals surface area (Å²) >= 11 is 0. The predicted molar refractivity (Wildman–Crippen MR) is 73.6 cm³/mol. The van der Waals surface area contributed by atoms with Crippen molar-refractivity contribution in [1.82, 2.24) is 4.90 Å². The maximum atomic E-state index is 13.0. The molecule has 2 heterocycles. The first-order valence-electron chi connectivity index (χ1n) is 7.91. The largest absolute Gasteiger partial charge is 0.390 e. The van der Waals surface area contributed by atoms with E-state index in [9.17, 15) is 9.90 Å². The van der Waals surface area contributed by atoms with Crippen molar-refractivity contribution in [3.05, 3.63) is 0 Å². The summed E-state index contributed by atoms with van der Waals surface area (Å²) in [6.45, 7) is 10.6. The van der Waals surface area contributed by atoms with Gasteiger partial charge in [-0.05, 0) is 39.0 Å². The fourth-order valence-electron chi connectivity index (χ4n) is 5.84. The van der Waals surface area contributed by atoms with Gasteiger partial charge in [-0.2, -0.15) is 0 Å². The quantitative estimate of drug-likeness (QED) is 0.793. The number of carbonyl (C=O) groups is 1. The first-order valence-corrected chi connectivity index (χ1v) is 7.91. The number of rotatable bonds is 1. The summed E-state index contributed by atoms with van der Waals surface area (Å²) in [7, 11) is 0. The predicted octanol–water partition coefficient (Wildman–Crippen LogP) is 1.62. The SMILES string of the molecule is CC(C)C12OC3C(O)C4CC3C1C4C(=O)N2C(C)(C)C. The zero-order valence-electron chi connectivity index (χ0n) is 13.0. The van der Waals surface area contributed by atoms with E-state index in [1.165, 1.54) is 0 Å². The minimum atomic E-state index is -0.498. The molecule has 0 spiro atoms. The van der Waals surface area contributed by atoms with E-state index in [-0.39, 0.29) is 41.2 Å². The van der Waals surface area contributed by atoms with Gasteiger partial charge >= 0.3 is 0 Å². The first kappa shape index (κ1) is 13.1. The smallest absolute Gasteiger partial charge is 0.229 e. The molecular weight excluding hydrogens is 254 g/mol. The molecule has 4 nitrogen and oxygen atoms in total. The number of hydrogen-bond acceptors (Lipinski definition) is 3. The molecule has 2 bridgehead atoms. The Labute approximate surface area is 120 Å². The van der Waals surface area contributed by atoms with Gasteiger partial charge in [0, 0.05) is 17.4 Å². The summed E-state index contributed by atoms with van der Waals surface area (Å²) in [6.07, 6.45) is 0.480. The molecule has 20 heavy (non-hydrogen) atoms. The Morgan fingerprint density at radius 2 is 2.00 bits per heavy atom. The highest BCUT2D eigenvalue weighted by atomic mass is 16.6. The molecule has 2 aliphatic heterocycles. The highest BCUT2D eigenvalue weighted by molar-refractivity contribution is 5.85. The standard InChI is InChI=1S/C16H25NO3/c1-7(2)16-11-9-6-8(12(18)13(9)20-16)10(11)14(19)17(16)15(3,4)5/h7-13,18H,6H2,1-5H3. The molecule has 0 aromatic heterocycles. The molecule has 112 valence electrons. The number of hydrogen-bond donors (Lipinski definition) is 1. The maximum absolute atomic E-state index is 13.0. The number of amides is 1. The molecular formula is C16H25NO3. The monoisotopic (exact) mass is 279 g/mol. The van der Waals surface area contributed by atoms with Crippen LogP contribution in [0.25, 0.3) is 0 Å². The number of aliphatic hydroxyl groups excluding tert-OH is 1. The second-order valence-corrected chi connectivity index (χ2v) is 8.44. The molecule has 1 N–H and O–H groups in total. The van der Waals surface area contributed by atoms with Crippen LogP contribution in [-0.4, -0.2) is 39.4 Å². The van der Waals surface area contributed by atoms with E-state index >= 15 is 0 Å². The third kappa shape index (κ3) is 1.13. The van der Waals surface area contributed by atoms with Gasteiger partial charge in [-0.3, -0.25) is 4.79 Å². The van der Waals surface area contributed by atoms with Crippen molar-refractivity contribution < 1.29 is 14.6 Å². The molecule has 4 heteroatoms. The number of carbonyl (C=O) groups excluding carboxylic acids is 1. The Bertz CT molecular complexity index is 483. The zero-order valence-corrected chi connectivity index (χ0v) is 13.0. The Hall–Kier alpha value is -0.610. The van der Waals surface area contributed by atoms with Gasteiger partial charge in [0.15, 0.2) is 0 Å². The third-order valence-electron chi connectivity index (χ3n) is 6.21. The molecule has 0 aromatic carbocycles. The summed E-state index contributed by atoms with van der Waals surface area (Å²) < 4.78 is 6.46. The summed E-state index contributed by atoms with van der Waals surface area (Å²) in [4.78, 5) is 15.1. The van der Waals surface area contributed by atoms with E-state index in [0.717, 1.165) is 6.42 Å². The number of nitrogens with zero attached hydrogens (tertiary/aromatic N) is 1. The van der Waals surface area contributed by atoms with Gasteiger partial charge in [0.2, 0.25) is 5.91 Å². The molecule has 7 unspecified atom stereocenters. The average molecular weight is 279 g/mol. The normalized spacial score (nSPS) is 52.8. The molecule has 2 saturated carbocycles. The van der Waals surface area contributed by atoms with Crippen LogP contribution >= 0.6 is 0 Å². The Morgan fingerprint density at radius 3 is 2.55 bits per heavy atom. The lowest BCUT2D eigenvalue weighted by Crippen LogP contribution is -2.60. The molecule has 4 aliphatic rings. The average Bonchev–Trinajstić information content (AvgIpc) is 2.93. The van der Waals surface area contributed by atoms with Crippen molar-refractivity contribution in [3.63, 3.8) is 0 Å². The van der Waals surface area contributed by atoms with Crippen molar-refractivity contribution in [3.8, 4) is 0 Å². The van der Waals surface area contributed by atoms with E-state index in [2.05, 4.69) is 34.6 Å². The molecule has 2 saturated heterocycles. The van der Waals surface area contributed by atoms with Crippen molar-refractivity contribution in [1.29, 1.82) is 0 Å². The molecule has 7 atom stereocenters. The van der Waals surface area contributed by atoms with Crippen LogP contribution in [0.5, 0.6) is 0 Å². The molecule has 2 aliphatic carbocycles. The van der Waals surface area contributed by atoms with E-state index in [1.807, 2.05) is 4.90 Å². The minimum Gasteiger partial charge on any atom is -0.390 e. The third-order valence-corrected chi connectivity index (χ3v) is 6.21. The number of likely N-dealkylation sites (tertiary alicyclic amines) is 1. The molecule has 0 aromatic rings. The molecule has 1 amide bonds. The van der Waals surface area contributed by atoms with Gasteiger partial charge in [-0.25, -0.2) is 0 Å². The van der Waals surface area contributed by atoms with Crippen LogP contribution in [0.15, 0.2) is 0 Å². The summed E-state index contributed by atoms with van der Waals surface area (Å²) in [5.41, 5.74) is -0.737. The summed E-state index contributed by atoms with van der Waals surface area (Å²) in [5, 5.41) is 10.4. The fourth-order valence-corrected chi connectivity index (χ4v) is 5.84. The Kier molecular flexibility index (Phi) is 2.23. The van der Waals surface area contributed by atoms with Crippen LogP contribution in [0.4, 0.5) is 0 Å². The van der Waals surface area contributed by atoms with Crippen LogP contribution in [-0.2, 0) is 9.53 Å². The lowest BCUT2D eigenvalue weighted by Gasteiger charge is -2.48. The van der Waals surface area contributed by atoms with Gasteiger partial charge < -0.3 is 14.7 Å². The topological polar surface area (TPSA) is 49.8 Å². The molecule has 0 radical (unpaired) electrons. The fraction of sp³-hybridized carbons (Fsp3) is 0.938. The van der Waals surface area contributed by atoms with Crippen molar-refractivity contribution in [2.24, 2.45) is 29.6 Å². The maximum Gasteiger partial charge on any atom is 0.229 e. The van der Waals surface area contributed by atoms with E-state index < -0.39 is 11.8 Å². The summed E-state index contributed by atoms with van der Waals surface area (Å²) in [6, 6.07) is 0. The van der Waals surface area contributed by atoms with Gasteiger partial charge in [0.05, 0.1) is 18.1 Å².